The maximum atomic E-state index is 12.8. The first-order valence-electron chi connectivity index (χ1n) is 8.56. The van der Waals surface area contributed by atoms with Gasteiger partial charge in [0.05, 0.1) is 7.11 Å². The number of aromatic amines is 1. The number of rotatable bonds is 6. The first kappa shape index (κ1) is 20.9. The predicted molar refractivity (Wildman–Crippen MR) is 114 cm³/mol. The van der Waals surface area contributed by atoms with E-state index in [-0.39, 0.29) is 17.6 Å². The number of carbonyl (C=O) groups is 2. The normalized spacial score (nSPS) is 10.4. The predicted octanol–water partition coefficient (Wildman–Crippen LogP) is 5.17. The molecule has 1 aromatic heterocycles. The fourth-order valence-corrected chi connectivity index (χ4v) is 3.87. The van der Waals surface area contributed by atoms with E-state index in [4.69, 9.17) is 4.74 Å². The van der Waals surface area contributed by atoms with Gasteiger partial charge in [0.2, 0.25) is 0 Å². The molecule has 0 bridgehead atoms. The lowest BCUT2D eigenvalue weighted by Gasteiger charge is -2.10. The second-order valence-electron chi connectivity index (χ2n) is 5.99. The SMILES string of the molecule is COC(=O)Oc1n[nH]c(NC(=O)c2ccccc2CSc2cccc(C)c2)c1Br. The van der Waals surface area contributed by atoms with Crippen molar-refractivity contribution in [2.24, 2.45) is 0 Å². The van der Waals surface area contributed by atoms with E-state index >= 15 is 0 Å². The average Bonchev–Trinajstić information content (AvgIpc) is 3.06. The van der Waals surface area contributed by atoms with E-state index in [1.807, 2.05) is 43.3 Å². The second-order valence-corrected chi connectivity index (χ2v) is 7.83. The molecule has 0 fully saturated rings. The molecule has 3 rings (SSSR count). The highest BCUT2D eigenvalue weighted by molar-refractivity contribution is 9.10. The van der Waals surface area contributed by atoms with Gasteiger partial charge in [0, 0.05) is 16.2 Å². The number of benzene rings is 2. The van der Waals surface area contributed by atoms with Gasteiger partial charge in [0.1, 0.15) is 10.3 Å². The highest BCUT2D eigenvalue weighted by Gasteiger charge is 2.19. The number of aromatic nitrogens is 2. The van der Waals surface area contributed by atoms with Crippen LogP contribution in [0.15, 0.2) is 57.9 Å². The molecule has 0 atom stereocenters. The van der Waals surface area contributed by atoms with Crippen LogP contribution in [-0.4, -0.2) is 29.4 Å². The molecule has 2 aromatic carbocycles. The van der Waals surface area contributed by atoms with Crippen LogP contribution >= 0.6 is 27.7 Å². The molecule has 0 spiro atoms. The number of anilines is 1. The van der Waals surface area contributed by atoms with Gasteiger partial charge in [0.25, 0.3) is 11.8 Å². The van der Waals surface area contributed by atoms with E-state index in [1.54, 1.807) is 17.8 Å². The number of methoxy groups -OCH3 is 1. The number of ether oxygens (including phenoxy) is 2. The summed E-state index contributed by atoms with van der Waals surface area (Å²) in [5.41, 5.74) is 2.64. The maximum Gasteiger partial charge on any atom is 0.515 e. The van der Waals surface area contributed by atoms with E-state index in [1.165, 1.54) is 12.7 Å². The van der Waals surface area contributed by atoms with Crippen LogP contribution in [0, 0.1) is 6.92 Å². The summed E-state index contributed by atoms with van der Waals surface area (Å²) in [6.07, 6.45) is -0.909. The summed E-state index contributed by atoms with van der Waals surface area (Å²) in [7, 11) is 1.19. The van der Waals surface area contributed by atoms with Gasteiger partial charge in [-0.2, -0.15) is 0 Å². The lowest BCUT2D eigenvalue weighted by atomic mass is 10.1. The number of halogens is 1. The van der Waals surface area contributed by atoms with Crippen molar-refractivity contribution >= 4 is 45.6 Å². The molecule has 9 heteroatoms. The maximum absolute atomic E-state index is 12.8. The lowest BCUT2D eigenvalue weighted by Crippen LogP contribution is -2.14. The standard InChI is InChI=1S/C20H18BrN3O4S/c1-12-6-5-8-14(10-12)29-11-13-7-3-4-9-15(13)18(25)22-17-16(21)19(24-23-17)28-20(26)27-2/h3-10H,11H2,1-2H3,(H2,22,23,24,25). The Morgan fingerprint density at radius 3 is 2.76 bits per heavy atom. The van der Waals surface area contributed by atoms with Gasteiger partial charge in [-0.15, -0.1) is 16.9 Å². The van der Waals surface area contributed by atoms with Crippen molar-refractivity contribution in [2.75, 3.05) is 12.4 Å². The first-order chi connectivity index (χ1) is 14.0. The van der Waals surface area contributed by atoms with Crippen molar-refractivity contribution in [3.05, 3.63) is 69.7 Å². The van der Waals surface area contributed by atoms with Crippen LogP contribution in [0.4, 0.5) is 10.6 Å². The molecule has 150 valence electrons. The highest BCUT2D eigenvalue weighted by atomic mass is 79.9. The molecule has 29 heavy (non-hydrogen) atoms. The van der Waals surface area contributed by atoms with Crippen molar-refractivity contribution in [3.63, 3.8) is 0 Å². The Balaban J connectivity index is 1.72. The van der Waals surface area contributed by atoms with Crippen molar-refractivity contribution < 1.29 is 19.1 Å². The molecule has 0 saturated heterocycles. The molecule has 1 heterocycles. The Labute approximate surface area is 180 Å². The third-order valence-electron chi connectivity index (χ3n) is 3.91. The fourth-order valence-electron chi connectivity index (χ4n) is 2.50. The summed E-state index contributed by atoms with van der Waals surface area (Å²) < 4.78 is 9.62. The average molecular weight is 476 g/mol. The zero-order valence-corrected chi connectivity index (χ0v) is 18.1. The molecule has 2 N–H and O–H groups in total. The van der Waals surface area contributed by atoms with Gasteiger partial charge in [-0.3, -0.25) is 9.89 Å². The summed E-state index contributed by atoms with van der Waals surface area (Å²) in [6.45, 7) is 2.05. The van der Waals surface area contributed by atoms with Gasteiger partial charge in [0.15, 0.2) is 0 Å². The summed E-state index contributed by atoms with van der Waals surface area (Å²) in [5.74, 6) is 0.582. The number of hydrogen-bond acceptors (Lipinski definition) is 6. The summed E-state index contributed by atoms with van der Waals surface area (Å²) in [6, 6.07) is 15.6. The number of carbonyl (C=O) groups excluding carboxylic acids is 2. The lowest BCUT2D eigenvalue weighted by molar-refractivity contribution is 0.102. The Morgan fingerprint density at radius 1 is 1.21 bits per heavy atom. The monoisotopic (exact) mass is 475 g/mol. The highest BCUT2D eigenvalue weighted by Crippen LogP contribution is 2.31. The minimum Gasteiger partial charge on any atom is -0.437 e. The van der Waals surface area contributed by atoms with E-state index in [0.717, 1.165) is 10.5 Å². The Morgan fingerprint density at radius 2 is 2.00 bits per heavy atom. The smallest absolute Gasteiger partial charge is 0.437 e. The number of nitrogens with one attached hydrogen (secondary N) is 2. The van der Waals surface area contributed by atoms with Crippen molar-refractivity contribution in [1.29, 1.82) is 0 Å². The fraction of sp³-hybridized carbons (Fsp3) is 0.150. The summed E-state index contributed by atoms with van der Waals surface area (Å²) in [4.78, 5) is 25.2. The molecule has 3 aromatic rings. The van der Waals surface area contributed by atoms with Crippen LogP contribution in [0.2, 0.25) is 0 Å². The molecule has 7 nitrogen and oxygen atoms in total. The molecule has 0 aliphatic carbocycles. The van der Waals surface area contributed by atoms with Crippen LogP contribution in [-0.2, 0) is 10.5 Å². The quantitative estimate of drug-likeness (QED) is 0.377. The van der Waals surface area contributed by atoms with Gasteiger partial charge < -0.3 is 14.8 Å². The number of H-pyrrole nitrogens is 1. The van der Waals surface area contributed by atoms with Gasteiger partial charge >= 0.3 is 6.16 Å². The Hall–Kier alpha value is -2.78. The number of amides is 1. The molecule has 0 saturated carbocycles. The minimum absolute atomic E-state index is 0.0320. The number of thioether (sulfide) groups is 1. The van der Waals surface area contributed by atoms with E-state index in [9.17, 15) is 9.59 Å². The molecule has 0 aliphatic rings. The van der Waals surface area contributed by atoms with E-state index in [2.05, 4.69) is 42.2 Å². The van der Waals surface area contributed by atoms with Crippen molar-refractivity contribution in [3.8, 4) is 5.88 Å². The third kappa shape index (κ3) is 5.39. The van der Waals surface area contributed by atoms with Crippen molar-refractivity contribution in [1.82, 2.24) is 10.2 Å². The molecular formula is C20H18BrN3O4S. The van der Waals surface area contributed by atoms with Gasteiger partial charge in [-0.25, -0.2) is 4.79 Å². The summed E-state index contributed by atoms with van der Waals surface area (Å²) >= 11 is 4.91. The van der Waals surface area contributed by atoms with Crippen LogP contribution in [0.25, 0.3) is 0 Å². The van der Waals surface area contributed by atoms with Gasteiger partial charge in [-0.05, 0) is 46.6 Å². The molecule has 0 radical (unpaired) electrons. The van der Waals surface area contributed by atoms with E-state index < -0.39 is 6.16 Å². The van der Waals surface area contributed by atoms with Crippen LogP contribution in [0.3, 0.4) is 0 Å². The number of hydrogen-bond donors (Lipinski definition) is 2. The zero-order chi connectivity index (χ0) is 20.8. The first-order valence-corrected chi connectivity index (χ1v) is 10.3. The molecule has 0 unspecified atom stereocenters. The Kier molecular flexibility index (Phi) is 6.95. The van der Waals surface area contributed by atoms with Crippen LogP contribution in [0.1, 0.15) is 21.5 Å². The van der Waals surface area contributed by atoms with E-state index in [0.29, 0.717) is 15.8 Å². The van der Waals surface area contributed by atoms with Crippen LogP contribution < -0.4 is 10.1 Å². The largest absolute Gasteiger partial charge is 0.515 e. The molecule has 1 amide bonds. The van der Waals surface area contributed by atoms with Crippen molar-refractivity contribution in [2.45, 2.75) is 17.6 Å². The van der Waals surface area contributed by atoms with Gasteiger partial charge in [-0.1, -0.05) is 35.9 Å². The minimum atomic E-state index is -0.909. The second kappa shape index (κ2) is 9.62. The Bertz CT molecular complexity index is 1040. The number of aryl methyl sites for hydroxylation is 1. The number of nitrogens with zero attached hydrogens (tertiary/aromatic N) is 1. The third-order valence-corrected chi connectivity index (χ3v) is 5.69. The zero-order valence-electron chi connectivity index (χ0n) is 15.7. The topological polar surface area (TPSA) is 93.3 Å². The van der Waals surface area contributed by atoms with Crippen LogP contribution in [0.5, 0.6) is 5.88 Å². The molecule has 0 aliphatic heterocycles. The molecular weight excluding hydrogens is 458 g/mol. The summed E-state index contributed by atoms with van der Waals surface area (Å²) in [5, 5.41) is 9.20.